The molecule has 33 heavy (non-hydrogen) atoms. The van der Waals surface area contributed by atoms with E-state index in [9.17, 15) is 14.4 Å². The molecular weight excluding hydrogens is 469 g/mol. The van der Waals surface area contributed by atoms with E-state index in [1.165, 1.54) is 30.0 Å². The number of amides is 3. The molecule has 0 unspecified atom stereocenters. The van der Waals surface area contributed by atoms with Gasteiger partial charge in [-0.1, -0.05) is 23.2 Å². The van der Waals surface area contributed by atoms with Gasteiger partial charge in [0.1, 0.15) is 5.82 Å². The fraction of sp³-hybridized carbons (Fsp3) is 0.273. The number of nitrogens with one attached hydrogen (secondary N) is 3. The molecule has 0 spiro atoms. The van der Waals surface area contributed by atoms with Gasteiger partial charge in [0, 0.05) is 43.0 Å². The molecular formula is C22H21Cl2N5O4. The van der Waals surface area contributed by atoms with Crippen LogP contribution in [-0.2, 0) is 9.53 Å². The lowest BCUT2D eigenvalue weighted by molar-refractivity contribution is -0.117. The maximum Gasteiger partial charge on any atom is 0.319 e. The first-order chi connectivity index (χ1) is 15.9. The lowest BCUT2D eigenvalue weighted by Crippen LogP contribution is -2.31. The second-order valence-electron chi connectivity index (χ2n) is 7.54. The monoisotopic (exact) mass is 489 g/mol. The predicted octanol–water partition coefficient (Wildman–Crippen LogP) is 4.15. The lowest BCUT2D eigenvalue weighted by Gasteiger charge is -2.12. The molecule has 0 atom stereocenters. The van der Waals surface area contributed by atoms with Crippen molar-refractivity contribution in [3.05, 3.63) is 52.3 Å². The van der Waals surface area contributed by atoms with E-state index < -0.39 is 11.9 Å². The van der Waals surface area contributed by atoms with Gasteiger partial charge in [-0.05, 0) is 37.1 Å². The predicted molar refractivity (Wildman–Crippen MR) is 126 cm³/mol. The van der Waals surface area contributed by atoms with Crippen LogP contribution in [0.25, 0.3) is 10.9 Å². The summed E-state index contributed by atoms with van der Waals surface area (Å²) in [5.74, 6) is -0.110. The van der Waals surface area contributed by atoms with E-state index in [0.29, 0.717) is 35.6 Å². The zero-order chi connectivity index (χ0) is 23.5. The molecule has 1 aromatic carbocycles. The molecule has 11 heteroatoms. The van der Waals surface area contributed by atoms with Crippen molar-refractivity contribution in [2.24, 2.45) is 5.92 Å². The Kier molecular flexibility index (Phi) is 6.83. The Morgan fingerprint density at radius 1 is 1.15 bits per heavy atom. The van der Waals surface area contributed by atoms with Gasteiger partial charge in [0.2, 0.25) is 5.91 Å². The first-order valence-electron chi connectivity index (χ1n) is 10.2. The molecule has 0 aliphatic heterocycles. The van der Waals surface area contributed by atoms with E-state index in [-0.39, 0.29) is 27.4 Å². The number of halogens is 2. The van der Waals surface area contributed by atoms with Gasteiger partial charge < -0.3 is 20.7 Å². The number of anilines is 2. The van der Waals surface area contributed by atoms with Crippen LogP contribution in [0, 0.1) is 5.92 Å². The molecule has 1 saturated carbocycles. The molecule has 0 radical (unpaired) electrons. The van der Waals surface area contributed by atoms with Crippen LogP contribution in [0.1, 0.15) is 23.2 Å². The Hall–Kier alpha value is -3.14. The Morgan fingerprint density at radius 3 is 2.55 bits per heavy atom. The van der Waals surface area contributed by atoms with Crippen molar-refractivity contribution in [3.63, 3.8) is 0 Å². The molecule has 9 nitrogen and oxygen atoms in total. The summed E-state index contributed by atoms with van der Waals surface area (Å²) >= 11 is 12.7. The highest BCUT2D eigenvalue weighted by atomic mass is 35.5. The van der Waals surface area contributed by atoms with Gasteiger partial charge in [-0.15, -0.1) is 0 Å². The van der Waals surface area contributed by atoms with E-state index >= 15 is 0 Å². The smallest absolute Gasteiger partial charge is 0.319 e. The summed E-state index contributed by atoms with van der Waals surface area (Å²) in [4.78, 5) is 41.6. The second-order valence-corrected chi connectivity index (χ2v) is 8.35. The van der Waals surface area contributed by atoms with Crippen molar-refractivity contribution in [1.29, 1.82) is 0 Å². The van der Waals surface area contributed by atoms with Crippen LogP contribution in [0.3, 0.4) is 0 Å². The highest BCUT2D eigenvalue weighted by Crippen LogP contribution is 2.33. The lowest BCUT2D eigenvalue weighted by atomic mass is 10.1. The number of fused-ring (bicyclic) bond motifs is 1. The number of pyridine rings is 1. The maximum atomic E-state index is 13.3. The second kappa shape index (κ2) is 9.78. The molecule has 1 aliphatic carbocycles. The van der Waals surface area contributed by atoms with Crippen LogP contribution in [0.4, 0.5) is 16.3 Å². The molecule has 3 aromatic rings. The Labute approximate surface area is 199 Å². The Balaban J connectivity index is 1.57. The number of aromatic nitrogens is 2. The molecule has 0 bridgehead atoms. The highest BCUT2D eigenvalue weighted by molar-refractivity contribution is 6.40. The molecule has 4 rings (SSSR count). The number of carbonyl (C=O) groups is 3. The number of ether oxygens (including phenoxy) is 1. The Bertz CT molecular complexity index is 1220. The number of rotatable bonds is 7. The number of hydrogen-bond acceptors (Lipinski definition) is 5. The van der Waals surface area contributed by atoms with Gasteiger partial charge in [-0.2, -0.15) is 0 Å². The van der Waals surface area contributed by atoms with Gasteiger partial charge in [-0.3, -0.25) is 14.2 Å². The van der Waals surface area contributed by atoms with Crippen LogP contribution in [0.2, 0.25) is 10.0 Å². The summed E-state index contributed by atoms with van der Waals surface area (Å²) in [7, 11) is 1.53. The summed E-state index contributed by atoms with van der Waals surface area (Å²) in [5.41, 5.74) is 0.970. The van der Waals surface area contributed by atoms with E-state index in [2.05, 4.69) is 20.9 Å². The van der Waals surface area contributed by atoms with Crippen LogP contribution < -0.4 is 16.0 Å². The molecule has 2 heterocycles. The normalized spacial score (nSPS) is 13.1. The fourth-order valence-corrected chi connectivity index (χ4v) is 3.97. The molecule has 2 aromatic heterocycles. The van der Waals surface area contributed by atoms with Crippen molar-refractivity contribution in [3.8, 4) is 0 Å². The minimum Gasteiger partial charge on any atom is -0.383 e. The highest BCUT2D eigenvalue weighted by Gasteiger charge is 2.30. The number of nitrogens with zero attached hydrogens (tertiary/aromatic N) is 2. The van der Waals surface area contributed by atoms with Gasteiger partial charge in [0.15, 0.2) is 0 Å². The standard InChI is InChI=1S/C22H21Cl2N5O4/c1-33-9-7-26-22(32)27-13-10-15(23)18(16(24)11-13)21(31)29-8-5-14-17(29)4-6-25-19(14)28-20(30)12-2-3-12/h4-6,8,10-12H,2-3,7,9H2,1H3,(H,25,28,30)(H2,26,27,32). The zero-order valence-corrected chi connectivity index (χ0v) is 19.2. The van der Waals surface area contributed by atoms with E-state index in [1.54, 1.807) is 18.3 Å². The number of carbonyl (C=O) groups excluding carboxylic acids is 3. The Morgan fingerprint density at radius 2 is 1.88 bits per heavy atom. The SMILES string of the molecule is COCCNC(=O)Nc1cc(Cl)c(C(=O)n2ccc3c(NC(=O)C4CC4)nccc32)c(Cl)c1. The third-order valence-corrected chi connectivity index (χ3v) is 5.73. The summed E-state index contributed by atoms with van der Waals surface area (Å²) in [6, 6.07) is 5.81. The van der Waals surface area contributed by atoms with Crippen LogP contribution in [-0.4, -0.2) is 47.7 Å². The third kappa shape index (κ3) is 5.11. The minimum absolute atomic E-state index is 0.0255. The van der Waals surface area contributed by atoms with Crippen molar-refractivity contribution in [1.82, 2.24) is 14.9 Å². The molecule has 172 valence electrons. The summed E-state index contributed by atoms with van der Waals surface area (Å²) in [6.45, 7) is 0.702. The van der Waals surface area contributed by atoms with E-state index in [0.717, 1.165) is 12.8 Å². The molecule has 0 saturated heterocycles. The first kappa shape index (κ1) is 23.0. The molecule has 3 N–H and O–H groups in total. The number of urea groups is 1. The first-order valence-corrected chi connectivity index (χ1v) is 11.0. The average molecular weight is 490 g/mol. The van der Waals surface area contributed by atoms with Crippen molar-refractivity contribution in [2.75, 3.05) is 30.9 Å². The summed E-state index contributed by atoms with van der Waals surface area (Å²) in [6.07, 6.45) is 4.84. The third-order valence-electron chi connectivity index (χ3n) is 5.13. The average Bonchev–Trinajstić information content (AvgIpc) is 3.52. The van der Waals surface area contributed by atoms with Crippen LogP contribution in [0.15, 0.2) is 36.7 Å². The zero-order valence-electron chi connectivity index (χ0n) is 17.7. The maximum absolute atomic E-state index is 13.3. The molecule has 1 fully saturated rings. The quantitative estimate of drug-likeness (QED) is 0.431. The summed E-state index contributed by atoms with van der Waals surface area (Å²) in [5, 5.41) is 8.83. The van der Waals surface area contributed by atoms with Crippen molar-refractivity contribution in [2.45, 2.75) is 12.8 Å². The van der Waals surface area contributed by atoms with Crippen LogP contribution >= 0.6 is 23.2 Å². The fourth-order valence-electron chi connectivity index (χ4n) is 3.32. The number of methoxy groups -OCH3 is 1. The van der Waals surface area contributed by atoms with Gasteiger partial charge in [-0.25, -0.2) is 9.78 Å². The number of hydrogen-bond donors (Lipinski definition) is 3. The van der Waals surface area contributed by atoms with Gasteiger partial charge in [0.25, 0.3) is 5.91 Å². The van der Waals surface area contributed by atoms with Gasteiger partial charge >= 0.3 is 6.03 Å². The minimum atomic E-state index is -0.457. The van der Waals surface area contributed by atoms with Gasteiger partial charge in [0.05, 0.1) is 27.7 Å². The van der Waals surface area contributed by atoms with E-state index in [4.69, 9.17) is 27.9 Å². The van der Waals surface area contributed by atoms with E-state index in [1.807, 2.05) is 0 Å². The summed E-state index contributed by atoms with van der Waals surface area (Å²) < 4.78 is 6.27. The molecule has 1 aliphatic rings. The molecule has 3 amide bonds. The van der Waals surface area contributed by atoms with Crippen molar-refractivity contribution < 1.29 is 19.1 Å². The topological polar surface area (TPSA) is 114 Å². The number of benzene rings is 1. The largest absolute Gasteiger partial charge is 0.383 e. The van der Waals surface area contributed by atoms with Crippen LogP contribution in [0.5, 0.6) is 0 Å². The van der Waals surface area contributed by atoms with Crippen molar-refractivity contribution >= 4 is 63.5 Å².